The molecule has 0 aromatic carbocycles. The van der Waals surface area contributed by atoms with Gasteiger partial charge in [0, 0.05) is 6.20 Å². The third-order valence-electron chi connectivity index (χ3n) is 3.78. The Bertz CT molecular complexity index is 367. The Balaban J connectivity index is 2.27. The lowest BCUT2D eigenvalue weighted by Gasteiger charge is -2.32. The lowest BCUT2D eigenvalue weighted by atomic mass is 9.73. The molecule has 0 N–H and O–H groups in total. The van der Waals surface area contributed by atoms with Crippen LogP contribution in [0.15, 0.2) is 18.5 Å². The second-order valence-corrected chi connectivity index (χ2v) is 5.95. The van der Waals surface area contributed by atoms with E-state index in [0.29, 0.717) is 17.3 Å². The predicted octanol–water partition coefficient (Wildman–Crippen LogP) is 4.15. The van der Waals surface area contributed by atoms with Gasteiger partial charge >= 0.3 is 0 Å². The second kappa shape index (κ2) is 4.15. The Kier molecular flexibility index (Phi) is 3.00. The molecule has 2 heteroatoms. The van der Waals surface area contributed by atoms with E-state index in [-0.39, 0.29) is 5.82 Å². The Morgan fingerprint density at radius 2 is 2.00 bits per heavy atom. The molecule has 16 heavy (non-hydrogen) atoms. The SMILES string of the molecule is CC(C)(C)C1CCCC1c1cncc(F)c1. The van der Waals surface area contributed by atoms with Crippen LogP contribution >= 0.6 is 0 Å². The van der Waals surface area contributed by atoms with E-state index in [2.05, 4.69) is 25.8 Å². The Labute approximate surface area is 97.1 Å². The minimum Gasteiger partial charge on any atom is -0.261 e. The number of nitrogens with zero attached hydrogens (tertiary/aromatic N) is 1. The summed E-state index contributed by atoms with van der Waals surface area (Å²) in [6.45, 7) is 6.84. The molecular weight excluding hydrogens is 201 g/mol. The zero-order valence-electron chi connectivity index (χ0n) is 10.3. The first-order chi connectivity index (χ1) is 7.48. The molecule has 1 aliphatic rings. The average Bonchev–Trinajstić information content (AvgIpc) is 2.65. The van der Waals surface area contributed by atoms with Crippen LogP contribution in [-0.4, -0.2) is 4.98 Å². The first-order valence-corrected chi connectivity index (χ1v) is 6.09. The molecule has 0 radical (unpaired) electrons. The maximum absolute atomic E-state index is 13.2. The van der Waals surface area contributed by atoms with E-state index in [1.807, 2.05) is 6.20 Å². The van der Waals surface area contributed by atoms with E-state index in [9.17, 15) is 4.39 Å². The van der Waals surface area contributed by atoms with Crippen LogP contribution in [0.2, 0.25) is 0 Å². The fourth-order valence-corrected chi connectivity index (χ4v) is 3.03. The van der Waals surface area contributed by atoms with Gasteiger partial charge in [-0.15, -0.1) is 0 Å². The molecule has 0 saturated heterocycles. The van der Waals surface area contributed by atoms with Crippen molar-refractivity contribution in [3.8, 4) is 0 Å². The summed E-state index contributed by atoms with van der Waals surface area (Å²) in [6.07, 6.45) is 6.79. The van der Waals surface area contributed by atoms with Gasteiger partial charge in [0.15, 0.2) is 0 Å². The topological polar surface area (TPSA) is 12.9 Å². The quantitative estimate of drug-likeness (QED) is 0.694. The van der Waals surface area contributed by atoms with Crippen molar-refractivity contribution in [2.45, 2.75) is 46.0 Å². The van der Waals surface area contributed by atoms with Crippen LogP contribution in [-0.2, 0) is 0 Å². The summed E-state index contributed by atoms with van der Waals surface area (Å²) in [7, 11) is 0. The zero-order valence-corrected chi connectivity index (χ0v) is 10.3. The van der Waals surface area contributed by atoms with Gasteiger partial charge in [0.1, 0.15) is 5.82 Å². The average molecular weight is 221 g/mol. The molecule has 2 rings (SSSR count). The molecule has 1 fully saturated rings. The van der Waals surface area contributed by atoms with Crippen LogP contribution in [0.3, 0.4) is 0 Å². The predicted molar refractivity (Wildman–Crippen MR) is 63.7 cm³/mol. The first kappa shape index (κ1) is 11.6. The molecule has 1 saturated carbocycles. The molecule has 1 aliphatic carbocycles. The summed E-state index contributed by atoms with van der Waals surface area (Å²) < 4.78 is 13.2. The van der Waals surface area contributed by atoms with Crippen molar-refractivity contribution in [1.29, 1.82) is 0 Å². The number of pyridine rings is 1. The summed E-state index contributed by atoms with van der Waals surface area (Å²) >= 11 is 0. The minimum atomic E-state index is -0.211. The summed E-state index contributed by atoms with van der Waals surface area (Å²) in [4.78, 5) is 3.97. The van der Waals surface area contributed by atoms with E-state index in [4.69, 9.17) is 0 Å². The van der Waals surface area contributed by atoms with Gasteiger partial charge in [0.2, 0.25) is 0 Å². The number of hydrogen-bond acceptors (Lipinski definition) is 1. The number of rotatable bonds is 1. The molecule has 88 valence electrons. The standard InChI is InChI=1S/C14H20FN/c1-14(2,3)13-6-4-5-12(13)10-7-11(15)9-16-8-10/h7-9,12-13H,4-6H2,1-3H3. The Morgan fingerprint density at radius 3 is 2.62 bits per heavy atom. The lowest BCUT2D eigenvalue weighted by molar-refractivity contribution is 0.223. The molecule has 0 amide bonds. The number of hydrogen-bond donors (Lipinski definition) is 0. The summed E-state index contributed by atoms with van der Waals surface area (Å²) in [5.41, 5.74) is 1.38. The summed E-state index contributed by atoms with van der Waals surface area (Å²) in [5.74, 6) is 0.927. The third kappa shape index (κ3) is 2.26. The lowest BCUT2D eigenvalue weighted by Crippen LogP contribution is -2.23. The van der Waals surface area contributed by atoms with Crippen LogP contribution in [0, 0.1) is 17.2 Å². The molecule has 0 bridgehead atoms. The fourth-order valence-electron chi connectivity index (χ4n) is 3.03. The van der Waals surface area contributed by atoms with Gasteiger partial charge in [-0.3, -0.25) is 4.98 Å². The molecule has 1 nitrogen and oxygen atoms in total. The zero-order chi connectivity index (χ0) is 11.8. The molecule has 2 atom stereocenters. The van der Waals surface area contributed by atoms with Crippen LogP contribution in [0.25, 0.3) is 0 Å². The second-order valence-electron chi connectivity index (χ2n) is 5.95. The highest BCUT2D eigenvalue weighted by molar-refractivity contribution is 5.19. The maximum atomic E-state index is 13.2. The number of aromatic nitrogens is 1. The highest BCUT2D eigenvalue weighted by atomic mass is 19.1. The van der Waals surface area contributed by atoms with Crippen molar-refractivity contribution in [2.24, 2.45) is 11.3 Å². The normalized spacial score (nSPS) is 26.0. The minimum absolute atomic E-state index is 0.211. The van der Waals surface area contributed by atoms with E-state index < -0.39 is 0 Å². The highest BCUT2D eigenvalue weighted by Gasteiger charge is 2.36. The molecule has 1 aromatic heterocycles. The van der Waals surface area contributed by atoms with Crippen molar-refractivity contribution in [3.63, 3.8) is 0 Å². The molecule has 1 aromatic rings. The van der Waals surface area contributed by atoms with Crippen LogP contribution in [0.5, 0.6) is 0 Å². The molecular formula is C14H20FN. The smallest absolute Gasteiger partial charge is 0.141 e. The van der Waals surface area contributed by atoms with Gasteiger partial charge in [-0.05, 0) is 41.7 Å². The van der Waals surface area contributed by atoms with E-state index in [0.717, 1.165) is 5.56 Å². The van der Waals surface area contributed by atoms with E-state index in [1.54, 1.807) is 6.07 Å². The molecule has 2 unspecified atom stereocenters. The van der Waals surface area contributed by atoms with Crippen LogP contribution in [0.4, 0.5) is 4.39 Å². The summed E-state index contributed by atoms with van der Waals surface area (Å²) in [6, 6.07) is 1.65. The van der Waals surface area contributed by atoms with Crippen molar-refractivity contribution in [3.05, 3.63) is 29.8 Å². The Hall–Kier alpha value is -0.920. The van der Waals surface area contributed by atoms with Gasteiger partial charge < -0.3 is 0 Å². The Morgan fingerprint density at radius 1 is 1.25 bits per heavy atom. The van der Waals surface area contributed by atoms with Gasteiger partial charge in [0.25, 0.3) is 0 Å². The number of halogens is 1. The summed E-state index contributed by atoms with van der Waals surface area (Å²) in [5, 5.41) is 0. The van der Waals surface area contributed by atoms with Crippen LogP contribution in [0.1, 0.15) is 51.5 Å². The molecule has 1 heterocycles. The van der Waals surface area contributed by atoms with Crippen LogP contribution < -0.4 is 0 Å². The first-order valence-electron chi connectivity index (χ1n) is 6.09. The fraction of sp³-hybridized carbons (Fsp3) is 0.643. The largest absolute Gasteiger partial charge is 0.261 e. The maximum Gasteiger partial charge on any atom is 0.141 e. The van der Waals surface area contributed by atoms with Gasteiger partial charge in [-0.25, -0.2) is 4.39 Å². The van der Waals surface area contributed by atoms with E-state index in [1.165, 1.54) is 25.5 Å². The molecule has 0 spiro atoms. The third-order valence-corrected chi connectivity index (χ3v) is 3.78. The van der Waals surface area contributed by atoms with Crippen molar-refractivity contribution in [1.82, 2.24) is 4.98 Å². The van der Waals surface area contributed by atoms with Crippen molar-refractivity contribution in [2.75, 3.05) is 0 Å². The van der Waals surface area contributed by atoms with Crippen molar-refractivity contribution >= 4 is 0 Å². The van der Waals surface area contributed by atoms with E-state index >= 15 is 0 Å². The van der Waals surface area contributed by atoms with Gasteiger partial charge in [-0.1, -0.05) is 27.2 Å². The highest BCUT2D eigenvalue weighted by Crippen LogP contribution is 2.48. The molecule has 0 aliphatic heterocycles. The van der Waals surface area contributed by atoms with Gasteiger partial charge in [-0.2, -0.15) is 0 Å². The monoisotopic (exact) mass is 221 g/mol. The van der Waals surface area contributed by atoms with Crippen molar-refractivity contribution < 1.29 is 4.39 Å². The van der Waals surface area contributed by atoms with Gasteiger partial charge in [0.05, 0.1) is 6.20 Å².